The van der Waals surface area contributed by atoms with Gasteiger partial charge in [0.25, 0.3) is 5.91 Å². The monoisotopic (exact) mass is 512 g/mol. The van der Waals surface area contributed by atoms with Crippen molar-refractivity contribution in [2.45, 2.75) is 38.9 Å². The van der Waals surface area contributed by atoms with Gasteiger partial charge in [0.2, 0.25) is 0 Å². The predicted octanol–water partition coefficient (Wildman–Crippen LogP) is 7.23. The van der Waals surface area contributed by atoms with Crippen LogP contribution in [0.15, 0.2) is 101 Å². The minimum absolute atomic E-state index is 0.00304. The number of halogens is 1. The van der Waals surface area contributed by atoms with Crippen LogP contribution in [0, 0.1) is 5.92 Å². The Morgan fingerprint density at radius 1 is 0.757 bits per heavy atom. The van der Waals surface area contributed by atoms with Crippen molar-refractivity contribution in [3.05, 3.63) is 130 Å². The Bertz CT molecular complexity index is 1260. The number of piperidine rings is 1. The van der Waals surface area contributed by atoms with Crippen LogP contribution in [-0.4, -0.2) is 28.8 Å². The molecule has 1 amide bonds. The number of rotatable bonds is 9. The fourth-order valence-corrected chi connectivity index (χ4v) is 5.22. The van der Waals surface area contributed by atoms with Crippen molar-refractivity contribution in [3.63, 3.8) is 0 Å². The largest absolute Gasteiger partial charge is 0.455 e. The highest BCUT2D eigenvalue weighted by Crippen LogP contribution is 2.24. The molecule has 2 heterocycles. The second-order valence-corrected chi connectivity index (χ2v) is 10.4. The van der Waals surface area contributed by atoms with Crippen LogP contribution in [0.5, 0.6) is 0 Å². The standard InChI is InChI=1S/C32H33ClN2O2/c33-29-13-11-28(12-14-29)23-34(22-27-9-5-2-6-10-27)24-30-15-16-31(37-30)32(36)35-19-17-26(18-20-35)21-25-7-3-1-4-8-25/h1-16,26H,17-24H2. The van der Waals surface area contributed by atoms with Gasteiger partial charge in [0.05, 0.1) is 6.54 Å². The summed E-state index contributed by atoms with van der Waals surface area (Å²) in [6.07, 6.45) is 3.14. The molecule has 4 nitrogen and oxygen atoms in total. The van der Waals surface area contributed by atoms with E-state index in [0.29, 0.717) is 18.2 Å². The van der Waals surface area contributed by atoms with Gasteiger partial charge in [-0.15, -0.1) is 0 Å². The third-order valence-corrected chi connectivity index (χ3v) is 7.34. The summed E-state index contributed by atoms with van der Waals surface area (Å²) in [6.45, 7) is 3.71. The molecule has 0 atom stereocenters. The number of hydrogen-bond acceptors (Lipinski definition) is 3. The summed E-state index contributed by atoms with van der Waals surface area (Å²) in [5.41, 5.74) is 3.79. The number of carbonyl (C=O) groups excluding carboxylic acids is 1. The molecular weight excluding hydrogens is 480 g/mol. The lowest BCUT2D eigenvalue weighted by Crippen LogP contribution is -2.38. The SMILES string of the molecule is O=C(c1ccc(CN(Cc2ccccc2)Cc2ccc(Cl)cc2)o1)N1CCC(Cc2ccccc2)CC1. The Hall–Kier alpha value is -3.34. The van der Waals surface area contributed by atoms with Crippen LogP contribution in [0.25, 0.3) is 0 Å². The van der Waals surface area contributed by atoms with Crippen LogP contribution >= 0.6 is 11.6 Å². The molecule has 0 unspecified atom stereocenters. The molecule has 5 rings (SSSR count). The normalized spacial score (nSPS) is 14.3. The van der Waals surface area contributed by atoms with E-state index in [1.165, 1.54) is 16.7 Å². The fraction of sp³-hybridized carbons (Fsp3) is 0.281. The molecular formula is C32H33ClN2O2. The second kappa shape index (κ2) is 12.3. The molecule has 37 heavy (non-hydrogen) atoms. The van der Waals surface area contributed by atoms with E-state index in [0.717, 1.165) is 56.2 Å². The summed E-state index contributed by atoms with van der Waals surface area (Å²) in [4.78, 5) is 17.4. The average molecular weight is 513 g/mol. The van der Waals surface area contributed by atoms with Crippen LogP contribution in [0.4, 0.5) is 0 Å². The topological polar surface area (TPSA) is 36.7 Å². The molecule has 3 aromatic carbocycles. The molecule has 0 bridgehead atoms. The first-order valence-corrected chi connectivity index (χ1v) is 13.4. The van der Waals surface area contributed by atoms with E-state index in [4.69, 9.17) is 16.0 Å². The lowest BCUT2D eigenvalue weighted by molar-refractivity contribution is 0.0654. The number of hydrogen-bond donors (Lipinski definition) is 0. The molecule has 5 heteroatoms. The first kappa shape index (κ1) is 25.3. The second-order valence-electron chi connectivity index (χ2n) is 9.95. The van der Waals surface area contributed by atoms with Crippen LogP contribution in [-0.2, 0) is 26.1 Å². The van der Waals surface area contributed by atoms with Crippen molar-refractivity contribution in [2.75, 3.05) is 13.1 Å². The average Bonchev–Trinajstić information content (AvgIpc) is 3.39. The molecule has 1 aromatic heterocycles. The van der Waals surface area contributed by atoms with Gasteiger partial charge in [-0.05, 0) is 66.1 Å². The molecule has 1 saturated heterocycles. The van der Waals surface area contributed by atoms with E-state index in [1.807, 2.05) is 35.2 Å². The highest BCUT2D eigenvalue weighted by atomic mass is 35.5. The molecule has 0 spiro atoms. The Labute approximate surface area is 224 Å². The van der Waals surface area contributed by atoms with Crippen LogP contribution in [0.1, 0.15) is 45.8 Å². The molecule has 0 N–H and O–H groups in total. The van der Waals surface area contributed by atoms with Crippen molar-refractivity contribution < 1.29 is 9.21 Å². The van der Waals surface area contributed by atoms with E-state index in [-0.39, 0.29) is 5.91 Å². The van der Waals surface area contributed by atoms with Crippen molar-refractivity contribution in [3.8, 4) is 0 Å². The van der Waals surface area contributed by atoms with E-state index in [2.05, 4.69) is 71.6 Å². The van der Waals surface area contributed by atoms with Crippen LogP contribution in [0.2, 0.25) is 5.02 Å². The van der Waals surface area contributed by atoms with Gasteiger partial charge in [-0.25, -0.2) is 0 Å². The lowest BCUT2D eigenvalue weighted by Gasteiger charge is -2.31. The van der Waals surface area contributed by atoms with E-state index >= 15 is 0 Å². The smallest absolute Gasteiger partial charge is 0.289 e. The number of likely N-dealkylation sites (tertiary alicyclic amines) is 1. The van der Waals surface area contributed by atoms with Crippen LogP contribution in [0.3, 0.4) is 0 Å². The predicted molar refractivity (Wildman–Crippen MR) is 148 cm³/mol. The molecule has 1 aliphatic rings. The van der Waals surface area contributed by atoms with Gasteiger partial charge in [0.1, 0.15) is 5.76 Å². The molecule has 4 aromatic rings. The number of carbonyl (C=O) groups is 1. The zero-order valence-corrected chi connectivity index (χ0v) is 21.8. The first-order valence-electron chi connectivity index (χ1n) is 13.0. The summed E-state index contributed by atoms with van der Waals surface area (Å²) >= 11 is 6.08. The summed E-state index contributed by atoms with van der Waals surface area (Å²) in [7, 11) is 0. The van der Waals surface area contributed by atoms with Gasteiger partial charge in [-0.1, -0.05) is 84.4 Å². The van der Waals surface area contributed by atoms with Crippen molar-refractivity contribution in [1.29, 1.82) is 0 Å². The quantitative estimate of drug-likeness (QED) is 0.237. The number of amides is 1. The van der Waals surface area contributed by atoms with Crippen molar-refractivity contribution in [1.82, 2.24) is 9.80 Å². The van der Waals surface area contributed by atoms with Crippen LogP contribution < -0.4 is 0 Å². The molecule has 1 aliphatic heterocycles. The summed E-state index contributed by atoms with van der Waals surface area (Å²) in [5, 5.41) is 0.733. The third kappa shape index (κ3) is 7.12. The van der Waals surface area contributed by atoms with E-state index < -0.39 is 0 Å². The molecule has 190 valence electrons. The first-order chi connectivity index (χ1) is 18.1. The molecule has 0 radical (unpaired) electrons. The van der Waals surface area contributed by atoms with E-state index in [9.17, 15) is 4.79 Å². The molecule has 0 saturated carbocycles. The zero-order chi connectivity index (χ0) is 25.5. The lowest BCUT2D eigenvalue weighted by atomic mass is 9.90. The number of nitrogens with zero attached hydrogens (tertiary/aromatic N) is 2. The minimum atomic E-state index is -0.00304. The fourth-order valence-electron chi connectivity index (χ4n) is 5.10. The van der Waals surface area contributed by atoms with Crippen molar-refractivity contribution in [2.24, 2.45) is 5.92 Å². The Morgan fingerprint density at radius 2 is 1.35 bits per heavy atom. The summed E-state index contributed by atoms with van der Waals surface area (Å²) in [5.74, 6) is 1.85. The summed E-state index contributed by atoms with van der Waals surface area (Å²) < 4.78 is 6.09. The maximum absolute atomic E-state index is 13.2. The van der Waals surface area contributed by atoms with Gasteiger partial charge in [-0.3, -0.25) is 9.69 Å². The number of furan rings is 1. The highest BCUT2D eigenvalue weighted by molar-refractivity contribution is 6.30. The maximum atomic E-state index is 13.2. The third-order valence-electron chi connectivity index (χ3n) is 7.09. The summed E-state index contributed by atoms with van der Waals surface area (Å²) in [6, 6.07) is 32.8. The van der Waals surface area contributed by atoms with Gasteiger partial charge in [0.15, 0.2) is 5.76 Å². The van der Waals surface area contributed by atoms with Gasteiger partial charge in [0, 0.05) is 31.2 Å². The zero-order valence-electron chi connectivity index (χ0n) is 21.1. The molecule has 0 aliphatic carbocycles. The van der Waals surface area contributed by atoms with E-state index in [1.54, 1.807) is 0 Å². The van der Waals surface area contributed by atoms with Gasteiger partial charge >= 0.3 is 0 Å². The Morgan fingerprint density at radius 3 is 2.00 bits per heavy atom. The molecule has 1 fully saturated rings. The van der Waals surface area contributed by atoms with Crippen molar-refractivity contribution >= 4 is 17.5 Å². The highest BCUT2D eigenvalue weighted by Gasteiger charge is 2.26. The Kier molecular flexibility index (Phi) is 8.39. The number of benzene rings is 3. The van der Waals surface area contributed by atoms with Gasteiger partial charge < -0.3 is 9.32 Å². The van der Waals surface area contributed by atoms with Gasteiger partial charge in [-0.2, -0.15) is 0 Å². The maximum Gasteiger partial charge on any atom is 0.289 e. The minimum Gasteiger partial charge on any atom is -0.455 e. The Balaban J connectivity index is 1.20.